The normalized spacial score (nSPS) is 22.7. The van der Waals surface area contributed by atoms with Crippen LogP contribution in [0.25, 0.3) is 0 Å². The van der Waals surface area contributed by atoms with Crippen molar-refractivity contribution in [2.24, 2.45) is 5.92 Å². The van der Waals surface area contributed by atoms with E-state index in [2.05, 4.69) is 16.3 Å². The van der Waals surface area contributed by atoms with Gasteiger partial charge in [-0.15, -0.1) is 5.10 Å². The van der Waals surface area contributed by atoms with Crippen molar-refractivity contribution in [2.45, 2.75) is 57.7 Å². The second-order valence-corrected chi connectivity index (χ2v) is 12.4. The largest absolute Gasteiger partial charge is 0.466 e. The number of halogens is 3. The zero-order valence-corrected chi connectivity index (χ0v) is 25.4. The number of quaternary nitrogens is 1. The molecular formula is C33H36F3N6O3+. The number of aryl methyl sites for hydroxylation is 1. The van der Waals surface area contributed by atoms with Gasteiger partial charge < -0.3 is 9.22 Å². The zero-order valence-electron chi connectivity index (χ0n) is 25.4. The first kappa shape index (κ1) is 30.6. The molecule has 2 bridgehead atoms. The number of nitrogens with one attached hydrogen (secondary N) is 1. The molecule has 2 aromatic carbocycles. The number of carbonyl (C=O) groups excluding carboxylic acids is 1. The molecule has 9 nitrogen and oxygen atoms in total. The molecule has 12 heteroatoms. The van der Waals surface area contributed by atoms with Gasteiger partial charge in [-0.05, 0) is 92.8 Å². The first-order valence-electron chi connectivity index (χ1n) is 15.4. The topological polar surface area (TPSA) is 104 Å². The summed E-state index contributed by atoms with van der Waals surface area (Å²) in [6.45, 7) is 6.42. The number of H-pyrrole nitrogens is 1. The molecule has 0 spiro atoms. The summed E-state index contributed by atoms with van der Waals surface area (Å²) in [5, 5.41) is 16.3. The minimum atomic E-state index is -4.60. The van der Waals surface area contributed by atoms with Crippen LogP contribution in [0.5, 0.6) is 0 Å². The Hall–Kier alpha value is -4.37. The summed E-state index contributed by atoms with van der Waals surface area (Å²) < 4.78 is 48.6. The molecule has 0 saturated carbocycles. The van der Waals surface area contributed by atoms with Gasteiger partial charge >= 0.3 is 17.8 Å². The number of aromatic amines is 1. The Labute approximate surface area is 259 Å². The number of benzene rings is 2. The Balaban J connectivity index is 1.40. The van der Waals surface area contributed by atoms with E-state index in [0.717, 1.165) is 43.0 Å². The third-order valence-corrected chi connectivity index (χ3v) is 9.91. The molecule has 4 aliphatic heterocycles. The number of methoxy groups -OCH3 is 1. The number of anilines is 2. The molecular weight excluding hydrogens is 585 g/mol. The fourth-order valence-corrected chi connectivity index (χ4v) is 7.47. The van der Waals surface area contributed by atoms with Crippen LogP contribution in [0.15, 0.2) is 58.5 Å². The summed E-state index contributed by atoms with van der Waals surface area (Å²) >= 11 is 0. The highest BCUT2D eigenvalue weighted by Crippen LogP contribution is 2.44. The van der Waals surface area contributed by atoms with E-state index >= 15 is 0 Å². The van der Waals surface area contributed by atoms with Gasteiger partial charge in [-0.3, -0.25) is 4.90 Å². The molecule has 4 aliphatic rings. The van der Waals surface area contributed by atoms with Crippen LogP contribution in [0.1, 0.15) is 67.3 Å². The number of nitriles is 1. The molecule has 236 valence electrons. The van der Waals surface area contributed by atoms with E-state index in [-0.39, 0.29) is 22.9 Å². The van der Waals surface area contributed by atoms with Crippen LogP contribution >= 0.6 is 0 Å². The molecule has 5 heterocycles. The lowest BCUT2D eigenvalue weighted by Crippen LogP contribution is -2.58. The zero-order chi connectivity index (χ0) is 31.9. The maximum Gasteiger partial charge on any atom is 0.416 e. The Morgan fingerprint density at radius 2 is 1.87 bits per heavy atom. The summed E-state index contributed by atoms with van der Waals surface area (Å²) in [7, 11) is 1.22. The SMILES string of the molecule is COC(=O)C1=C(C)N(c2cccc(C(F)(F)F)c2)c2n[nH]c(=O)n2[C@@H]1c1ccc(C#N)cc1CCCC[N+]12CCC(CC1)CC2. The van der Waals surface area contributed by atoms with Crippen LogP contribution < -0.4 is 10.6 Å². The molecule has 0 amide bonds. The molecule has 1 atom stereocenters. The minimum absolute atomic E-state index is 0.0362. The standard InChI is InChI=1S/C33H35F3N6O3/c1-21-28(30(43)45-2)29(41-31(38-39-32(41)44)40(21)26-8-5-7-25(19-26)33(34,35)36)27-10-9-23(20-37)18-24(27)6-3-4-14-42-15-11-22(12-16-42)13-17-42/h5,7-10,18-19,22,29H,3-4,6,11-17H2,1-2H3/p+1/t22?,29-,42?/m1/s1. The number of fused-ring (bicyclic) bond motifs is 4. The van der Waals surface area contributed by atoms with Crippen molar-refractivity contribution in [1.29, 1.82) is 5.26 Å². The van der Waals surface area contributed by atoms with Crippen molar-refractivity contribution >= 4 is 17.6 Å². The Kier molecular flexibility index (Phi) is 8.07. The summed E-state index contributed by atoms with van der Waals surface area (Å²) in [6.07, 6.45) is 1.79. The molecule has 0 unspecified atom stereocenters. The molecule has 1 N–H and O–H groups in total. The molecule has 45 heavy (non-hydrogen) atoms. The maximum absolute atomic E-state index is 13.7. The second kappa shape index (κ2) is 11.9. The summed E-state index contributed by atoms with van der Waals surface area (Å²) in [6, 6.07) is 11.0. The van der Waals surface area contributed by atoms with Gasteiger partial charge in [0.15, 0.2) is 0 Å². The Bertz CT molecular complexity index is 1730. The lowest BCUT2D eigenvalue weighted by molar-refractivity contribution is -0.942. The number of nitrogens with zero attached hydrogens (tertiary/aromatic N) is 5. The fourth-order valence-electron chi connectivity index (χ4n) is 7.47. The van der Waals surface area contributed by atoms with Crippen LogP contribution in [0.4, 0.5) is 24.8 Å². The Morgan fingerprint density at radius 3 is 2.53 bits per heavy atom. The van der Waals surface area contributed by atoms with Gasteiger partial charge in [0.25, 0.3) is 0 Å². The van der Waals surface area contributed by atoms with Gasteiger partial charge in [-0.25, -0.2) is 19.3 Å². The van der Waals surface area contributed by atoms with E-state index in [1.54, 1.807) is 25.1 Å². The number of hydrogen-bond donors (Lipinski definition) is 1. The highest BCUT2D eigenvalue weighted by molar-refractivity contribution is 5.93. The molecule has 3 aromatic rings. The predicted molar refractivity (Wildman–Crippen MR) is 160 cm³/mol. The number of allylic oxidation sites excluding steroid dienone is 1. The van der Waals surface area contributed by atoms with E-state index in [4.69, 9.17) is 4.74 Å². The van der Waals surface area contributed by atoms with Crippen molar-refractivity contribution in [3.05, 3.63) is 86.5 Å². The van der Waals surface area contributed by atoms with E-state index in [1.807, 2.05) is 0 Å². The van der Waals surface area contributed by atoms with Gasteiger partial charge in [-0.2, -0.15) is 18.4 Å². The molecule has 3 fully saturated rings. The number of hydrogen-bond acceptors (Lipinski definition) is 6. The van der Waals surface area contributed by atoms with Gasteiger partial charge in [0.2, 0.25) is 5.95 Å². The molecule has 0 aliphatic carbocycles. The fraction of sp³-hybridized carbons (Fsp3) is 0.455. The lowest BCUT2D eigenvalue weighted by atomic mass is 9.85. The number of piperidine rings is 3. The van der Waals surface area contributed by atoms with Crippen molar-refractivity contribution in [2.75, 3.05) is 38.2 Å². The lowest BCUT2D eigenvalue weighted by Gasteiger charge is -2.49. The summed E-state index contributed by atoms with van der Waals surface area (Å²) in [5.74, 6) is 0.194. The first-order valence-corrected chi connectivity index (χ1v) is 15.4. The van der Waals surface area contributed by atoms with Crippen molar-refractivity contribution < 1.29 is 27.2 Å². The summed E-state index contributed by atoms with van der Waals surface area (Å²) in [4.78, 5) is 28.2. The number of alkyl halides is 3. The van der Waals surface area contributed by atoms with Crippen LogP contribution in [0, 0.1) is 17.2 Å². The van der Waals surface area contributed by atoms with Crippen molar-refractivity contribution in [3.8, 4) is 6.07 Å². The van der Waals surface area contributed by atoms with Crippen molar-refractivity contribution in [1.82, 2.24) is 14.8 Å². The molecule has 7 rings (SSSR count). The highest BCUT2D eigenvalue weighted by Gasteiger charge is 2.42. The Morgan fingerprint density at radius 1 is 1.13 bits per heavy atom. The van der Waals surface area contributed by atoms with Crippen LogP contribution in [0.3, 0.4) is 0 Å². The summed E-state index contributed by atoms with van der Waals surface area (Å²) in [5.41, 5.74) is 0.828. The first-order chi connectivity index (χ1) is 21.5. The number of rotatable bonds is 8. The van der Waals surface area contributed by atoms with Gasteiger partial charge in [0, 0.05) is 11.4 Å². The highest BCUT2D eigenvalue weighted by atomic mass is 19.4. The van der Waals surface area contributed by atoms with Crippen LogP contribution in [-0.2, 0) is 22.1 Å². The number of esters is 1. The van der Waals surface area contributed by atoms with Gasteiger partial charge in [-0.1, -0.05) is 12.1 Å². The van der Waals surface area contributed by atoms with Gasteiger partial charge in [0.1, 0.15) is 6.04 Å². The smallest absolute Gasteiger partial charge is 0.416 e. The predicted octanol–water partition coefficient (Wildman–Crippen LogP) is 5.60. The van der Waals surface area contributed by atoms with Crippen LogP contribution in [0.2, 0.25) is 0 Å². The van der Waals surface area contributed by atoms with Gasteiger partial charge in [0.05, 0.1) is 56.1 Å². The number of carbonyl (C=O) groups is 1. The van der Waals surface area contributed by atoms with E-state index in [1.165, 1.54) is 72.1 Å². The molecule has 0 radical (unpaired) electrons. The van der Waals surface area contributed by atoms with E-state index in [9.17, 15) is 28.0 Å². The number of ether oxygens (including phenoxy) is 1. The van der Waals surface area contributed by atoms with Crippen LogP contribution in [-0.4, -0.2) is 58.5 Å². The average Bonchev–Trinajstić information content (AvgIpc) is 3.43. The number of unbranched alkanes of at least 4 members (excludes halogenated alkanes) is 1. The average molecular weight is 622 g/mol. The minimum Gasteiger partial charge on any atom is -0.466 e. The maximum atomic E-state index is 13.7. The van der Waals surface area contributed by atoms with E-state index < -0.39 is 29.4 Å². The molecule has 1 aromatic heterocycles. The monoisotopic (exact) mass is 621 g/mol. The van der Waals surface area contributed by atoms with E-state index in [0.29, 0.717) is 17.5 Å². The van der Waals surface area contributed by atoms with Crippen molar-refractivity contribution in [3.63, 3.8) is 0 Å². The molecule has 3 saturated heterocycles. The number of aromatic nitrogens is 3. The third-order valence-electron chi connectivity index (χ3n) is 9.91. The second-order valence-electron chi connectivity index (χ2n) is 12.4. The third kappa shape index (κ3) is 5.65. The quantitative estimate of drug-likeness (QED) is 0.200.